The summed E-state index contributed by atoms with van der Waals surface area (Å²) in [4.78, 5) is 0. The average Bonchev–Trinajstić information content (AvgIpc) is 2.81. The molecule has 1 aromatic heterocycles. The van der Waals surface area contributed by atoms with Crippen LogP contribution in [0.15, 0.2) is 34.9 Å². The summed E-state index contributed by atoms with van der Waals surface area (Å²) in [5.41, 5.74) is 2.11. The number of hydrogen-bond acceptors (Lipinski definition) is 4. The maximum absolute atomic E-state index is 8.54. The van der Waals surface area contributed by atoms with Crippen molar-refractivity contribution >= 4 is 11.0 Å². The highest BCUT2D eigenvalue weighted by Crippen LogP contribution is 2.20. The Bertz CT molecular complexity index is 467. The molecule has 98 valence electrons. The minimum atomic E-state index is 0.0917. The van der Waals surface area contributed by atoms with Gasteiger partial charge < -0.3 is 19.6 Å². The number of benzene rings is 1. The monoisotopic (exact) mass is 249 g/mol. The van der Waals surface area contributed by atoms with Gasteiger partial charge in [0.15, 0.2) is 0 Å². The van der Waals surface area contributed by atoms with Crippen molar-refractivity contribution in [3.8, 4) is 0 Å². The largest absolute Gasteiger partial charge is 0.464 e. The zero-order valence-electron chi connectivity index (χ0n) is 10.4. The van der Waals surface area contributed by atoms with E-state index < -0.39 is 0 Å². The van der Waals surface area contributed by atoms with E-state index in [1.807, 2.05) is 18.2 Å². The number of aliphatic hydroxyl groups is 1. The predicted molar refractivity (Wildman–Crippen MR) is 70.4 cm³/mol. The third kappa shape index (κ3) is 3.57. The van der Waals surface area contributed by atoms with Crippen LogP contribution in [-0.2, 0) is 11.3 Å². The lowest BCUT2D eigenvalue weighted by atomic mass is 10.2. The summed E-state index contributed by atoms with van der Waals surface area (Å²) >= 11 is 0. The summed E-state index contributed by atoms with van der Waals surface area (Å²) < 4.78 is 10.6. The van der Waals surface area contributed by atoms with Gasteiger partial charge in [-0.25, -0.2) is 0 Å². The van der Waals surface area contributed by atoms with Gasteiger partial charge in [-0.3, -0.25) is 0 Å². The molecule has 0 radical (unpaired) electrons. The average molecular weight is 249 g/mol. The van der Waals surface area contributed by atoms with Gasteiger partial charge in [0.05, 0.1) is 19.5 Å². The minimum Gasteiger partial charge on any atom is -0.464 e. The Morgan fingerprint density at radius 3 is 3.00 bits per heavy atom. The maximum atomic E-state index is 8.54. The second-order valence-corrected chi connectivity index (χ2v) is 4.12. The number of nitrogens with one attached hydrogen (secondary N) is 1. The van der Waals surface area contributed by atoms with E-state index in [4.69, 9.17) is 14.3 Å². The van der Waals surface area contributed by atoms with Crippen molar-refractivity contribution < 1.29 is 14.3 Å². The second-order valence-electron chi connectivity index (χ2n) is 4.12. The van der Waals surface area contributed by atoms with E-state index in [0.717, 1.165) is 25.1 Å². The molecule has 0 bridgehead atoms. The van der Waals surface area contributed by atoms with Crippen LogP contribution in [0.1, 0.15) is 12.0 Å². The number of aliphatic hydroxyl groups excluding tert-OH is 1. The molecule has 18 heavy (non-hydrogen) atoms. The molecule has 2 rings (SSSR count). The fourth-order valence-electron chi connectivity index (χ4n) is 1.86. The van der Waals surface area contributed by atoms with Crippen molar-refractivity contribution in [3.63, 3.8) is 0 Å². The fraction of sp³-hybridized carbons (Fsp3) is 0.429. The van der Waals surface area contributed by atoms with Crippen molar-refractivity contribution in [3.05, 3.63) is 36.1 Å². The minimum absolute atomic E-state index is 0.0917. The number of fused-ring (bicyclic) bond motifs is 1. The van der Waals surface area contributed by atoms with E-state index >= 15 is 0 Å². The van der Waals surface area contributed by atoms with E-state index in [1.54, 1.807) is 6.26 Å². The van der Waals surface area contributed by atoms with E-state index in [9.17, 15) is 0 Å². The molecule has 0 fully saturated rings. The first-order valence-electron chi connectivity index (χ1n) is 6.26. The summed E-state index contributed by atoms with van der Waals surface area (Å²) in [5, 5.41) is 13.1. The standard InChI is InChI=1S/C14H19NO3/c16-7-9-17-8-3-6-15-10-12-11-18-14-5-2-1-4-13(12)14/h1-2,4-5,11,15-16H,3,6-10H2. The van der Waals surface area contributed by atoms with Gasteiger partial charge in [0, 0.05) is 24.1 Å². The predicted octanol–water partition coefficient (Wildman–Crippen LogP) is 1.92. The number of rotatable bonds is 8. The van der Waals surface area contributed by atoms with Crippen molar-refractivity contribution in [1.29, 1.82) is 0 Å². The molecule has 0 aliphatic rings. The Labute approximate surface area is 107 Å². The van der Waals surface area contributed by atoms with Crippen LogP contribution in [0.3, 0.4) is 0 Å². The molecule has 0 atom stereocenters. The molecule has 4 heteroatoms. The second kappa shape index (κ2) is 7.16. The Morgan fingerprint density at radius 2 is 2.11 bits per heavy atom. The van der Waals surface area contributed by atoms with Crippen LogP contribution in [0.4, 0.5) is 0 Å². The van der Waals surface area contributed by atoms with Crippen LogP contribution in [-0.4, -0.2) is 31.5 Å². The summed E-state index contributed by atoms with van der Waals surface area (Å²) in [7, 11) is 0. The molecule has 1 aromatic carbocycles. The molecule has 0 saturated heterocycles. The highest BCUT2D eigenvalue weighted by Gasteiger charge is 2.03. The zero-order chi connectivity index (χ0) is 12.6. The molecule has 0 spiro atoms. The molecule has 0 aliphatic heterocycles. The fourth-order valence-corrected chi connectivity index (χ4v) is 1.86. The third-order valence-corrected chi connectivity index (χ3v) is 2.75. The Kier molecular flexibility index (Phi) is 5.20. The first-order chi connectivity index (χ1) is 8.92. The summed E-state index contributed by atoms with van der Waals surface area (Å²) in [6.45, 7) is 2.89. The van der Waals surface area contributed by atoms with Gasteiger partial charge in [0.1, 0.15) is 5.58 Å². The SMILES string of the molecule is OCCOCCCNCc1coc2ccccc12. The lowest BCUT2D eigenvalue weighted by Crippen LogP contribution is -2.16. The first-order valence-corrected chi connectivity index (χ1v) is 6.26. The smallest absolute Gasteiger partial charge is 0.134 e. The van der Waals surface area contributed by atoms with Crippen LogP contribution >= 0.6 is 0 Å². The van der Waals surface area contributed by atoms with Crippen LogP contribution in [0, 0.1) is 0 Å². The number of hydrogen-bond donors (Lipinski definition) is 2. The van der Waals surface area contributed by atoms with Crippen molar-refractivity contribution in [2.75, 3.05) is 26.4 Å². The molecule has 0 aliphatic carbocycles. The molecule has 0 amide bonds. The van der Waals surface area contributed by atoms with Crippen molar-refractivity contribution in [2.24, 2.45) is 0 Å². The molecule has 1 heterocycles. The van der Waals surface area contributed by atoms with E-state index in [1.165, 1.54) is 10.9 Å². The quantitative estimate of drug-likeness (QED) is 0.702. The molecular weight excluding hydrogens is 230 g/mol. The summed E-state index contributed by atoms with van der Waals surface area (Å²) in [5.74, 6) is 0. The van der Waals surface area contributed by atoms with Gasteiger partial charge in [-0.2, -0.15) is 0 Å². The number of ether oxygens (including phenoxy) is 1. The lowest BCUT2D eigenvalue weighted by Gasteiger charge is -2.04. The summed E-state index contributed by atoms with van der Waals surface area (Å²) in [6.07, 6.45) is 2.75. The molecular formula is C14H19NO3. The van der Waals surface area contributed by atoms with Gasteiger partial charge in [-0.05, 0) is 19.0 Å². The Morgan fingerprint density at radius 1 is 1.22 bits per heavy atom. The molecule has 0 unspecified atom stereocenters. The molecule has 2 aromatic rings. The van der Waals surface area contributed by atoms with E-state index in [2.05, 4.69) is 11.4 Å². The Hall–Kier alpha value is -1.36. The van der Waals surface area contributed by atoms with Gasteiger partial charge in [0.2, 0.25) is 0 Å². The molecule has 4 nitrogen and oxygen atoms in total. The van der Waals surface area contributed by atoms with Crippen molar-refractivity contribution in [1.82, 2.24) is 5.32 Å². The maximum Gasteiger partial charge on any atom is 0.134 e. The van der Waals surface area contributed by atoms with Gasteiger partial charge >= 0.3 is 0 Å². The van der Waals surface area contributed by atoms with Crippen LogP contribution in [0.5, 0.6) is 0 Å². The summed E-state index contributed by atoms with van der Waals surface area (Å²) in [6, 6.07) is 8.04. The first kappa shape index (κ1) is 13.1. The number of para-hydroxylation sites is 1. The Balaban J connectivity index is 1.70. The van der Waals surface area contributed by atoms with Crippen molar-refractivity contribution in [2.45, 2.75) is 13.0 Å². The van der Waals surface area contributed by atoms with Crippen LogP contribution in [0.2, 0.25) is 0 Å². The van der Waals surface area contributed by atoms with Gasteiger partial charge in [-0.15, -0.1) is 0 Å². The normalized spacial score (nSPS) is 11.2. The number of furan rings is 1. The van der Waals surface area contributed by atoms with Crippen LogP contribution < -0.4 is 5.32 Å². The highest BCUT2D eigenvalue weighted by atomic mass is 16.5. The van der Waals surface area contributed by atoms with Crippen LogP contribution in [0.25, 0.3) is 11.0 Å². The zero-order valence-corrected chi connectivity index (χ0v) is 10.4. The topological polar surface area (TPSA) is 54.6 Å². The lowest BCUT2D eigenvalue weighted by molar-refractivity contribution is 0.0907. The highest BCUT2D eigenvalue weighted by molar-refractivity contribution is 5.80. The van der Waals surface area contributed by atoms with Gasteiger partial charge in [-0.1, -0.05) is 18.2 Å². The van der Waals surface area contributed by atoms with E-state index in [0.29, 0.717) is 13.2 Å². The van der Waals surface area contributed by atoms with E-state index in [-0.39, 0.29) is 6.61 Å². The molecule has 0 saturated carbocycles. The van der Waals surface area contributed by atoms with Gasteiger partial charge in [0.25, 0.3) is 0 Å². The third-order valence-electron chi connectivity index (χ3n) is 2.75. The molecule has 2 N–H and O–H groups in total.